The number of rotatable bonds is 7. The second kappa shape index (κ2) is 8.44. The molecule has 1 aliphatic carbocycles. The van der Waals surface area contributed by atoms with Gasteiger partial charge in [-0.15, -0.1) is 0 Å². The number of aliphatic hydroxyl groups is 1. The Hall–Kier alpha value is -1.42. The van der Waals surface area contributed by atoms with Crippen LogP contribution in [0.3, 0.4) is 0 Å². The molecule has 1 unspecified atom stereocenters. The predicted octanol–water partition coefficient (Wildman–Crippen LogP) is 2.31. The topological polar surface area (TPSA) is 90.2 Å². The molecular weight excluding hydrogens is 312 g/mol. The average Bonchev–Trinajstić information content (AvgIpc) is 2.55. The third-order valence-corrected chi connectivity index (χ3v) is 5.78. The van der Waals surface area contributed by atoms with E-state index in [4.69, 9.17) is 5.26 Å². The Balaban J connectivity index is 2.06. The van der Waals surface area contributed by atoms with Crippen LogP contribution in [0.5, 0.6) is 0 Å². The molecule has 1 aromatic carbocycles. The van der Waals surface area contributed by atoms with Crippen molar-refractivity contribution in [1.82, 2.24) is 4.72 Å². The van der Waals surface area contributed by atoms with E-state index in [1.165, 1.54) is 6.42 Å². The molecule has 0 spiro atoms. The Kier molecular flexibility index (Phi) is 6.58. The molecule has 126 valence electrons. The third-order valence-electron chi connectivity index (χ3n) is 4.40. The van der Waals surface area contributed by atoms with Gasteiger partial charge in [-0.05, 0) is 42.9 Å². The Morgan fingerprint density at radius 2 is 2.04 bits per heavy atom. The van der Waals surface area contributed by atoms with Gasteiger partial charge in [0.2, 0.25) is 10.0 Å². The number of nitriles is 1. The molecule has 0 bridgehead atoms. The van der Waals surface area contributed by atoms with E-state index in [1.54, 1.807) is 24.3 Å². The van der Waals surface area contributed by atoms with Crippen LogP contribution in [0.25, 0.3) is 0 Å². The van der Waals surface area contributed by atoms with Crippen molar-refractivity contribution in [2.75, 3.05) is 6.61 Å². The number of nitrogens with zero attached hydrogens (tertiary/aromatic N) is 1. The maximum atomic E-state index is 12.5. The van der Waals surface area contributed by atoms with E-state index < -0.39 is 10.0 Å². The van der Waals surface area contributed by atoms with Crippen LogP contribution >= 0.6 is 0 Å². The van der Waals surface area contributed by atoms with Crippen LogP contribution in [0.2, 0.25) is 0 Å². The minimum atomic E-state index is -3.50. The summed E-state index contributed by atoms with van der Waals surface area (Å²) in [5.74, 6) is 0.160. The van der Waals surface area contributed by atoms with Crippen LogP contribution in [0.15, 0.2) is 24.3 Å². The maximum absolute atomic E-state index is 12.5. The van der Waals surface area contributed by atoms with E-state index >= 15 is 0 Å². The van der Waals surface area contributed by atoms with Crippen molar-refractivity contribution in [2.24, 2.45) is 5.92 Å². The van der Waals surface area contributed by atoms with E-state index in [0.29, 0.717) is 23.5 Å². The van der Waals surface area contributed by atoms with Gasteiger partial charge in [0.1, 0.15) is 0 Å². The number of nitrogens with one attached hydrogen (secondary N) is 1. The van der Waals surface area contributed by atoms with Gasteiger partial charge in [-0.2, -0.15) is 5.26 Å². The lowest BCUT2D eigenvalue weighted by Crippen LogP contribution is -2.42. The van der Waals surface area contributed by atoms with Gasteiger partial charge < -0.3 is 5.11 Å². The lowest BCUT2D eigenvalue weighted by molar-refractivity contribution is 0.221. The zero-order valence-electron chi connectivity index (χ0n) is 13.2. The molecule has 2 N–H and O–H groups in total. The fourth-order valence-corrected chi connectivity index (χ4v) is 4.76. The van der Waals surface area contributed by atoms with Crippen LogP contribution in [-0.2, 0) is 15.8 Å². The average molecular weight is 336 g/mol. The fraction of sp³-hybridized carbons (Fsp3) is 0.588. The van der Waals surface area contributed by atoms with Gasteiger partial charge in [0.25, 0.3) is 0 Å². The first-order valence-corrected chi connectivity index (χ1v) is 9.79. The lowest BCUT2D eigenvalue weighted by atomic mass is 9.83. The SMILES string of the molecule is N#Cc1cccc(CS(=O)(=O)NC(CCO)C2CCCCC2)c1. The molecule has 0 saturated heterocycles. The van der Waals surface area contributed by atoms with E-state index in [2.05, 4.69) is 4.72 Å². The van der Waals surface area contributed by atoms with Crippen LogP contribution in [0.1, 0.15) is 49.7 Å². The van der Waals surface area contributed by atoms with Gasteiger partial charge in [0.15, 0.2) is 0 Å². The molecule has 0 amide bonds. The van der Waals surface area contributed by atoms with E-state index in [0.717, 1.165) is 25.7 Å². The summed E-state index contributed by atoms with van der Waals surface area (Å²) in [5, 5.41) is 18.2. The van der Waals surface area contributed by atoms with Gasteiger partial charge in [-0.3, -0.25) is 0 Å². The summed E-state index contributed by atoms with van der Waals surface area (Å²) >= 11 is 0. The standard InChI is InChI=1S/C17H24N2O3S/c18-12-14-5-4-6-15(11-14)13-23(21,22)19-17(9-10-20)16-7-2-1-3-8-16/h4-6,11,16-17,19-20H,1-3,7-10,13H2. The first kappa shape index (κ1) is 17.9. The molecule has 1 aliphatic rings. The molecule has 6 heteroatoms. The maximum Gasteiger partial charge on any atom is 0.216 e. The van der Waals surface area contributed by atoms with Crippen molar-refractivity contribution in [2.45, 2.75) is 50.3 Å². The molecule has 23 heavy (non-hydrogen) atoms. The van der Waals surface area contributed by atoms with Crippen LogP contribution in [-0.4, -0.2) is 26.2 Å². The summed E-state index contributed by atoms with van der Waals surface area (Å²) in [7, 11) is -3.50. The molecule has 1 atom stereocenters. The van der Waals surface area contributed by atoms with E-state index in [-0.39, 0.29) is 18.4 Å². The number of hydrogen-bond donors (Lipinski definition) is 2. The van der Waals surface area contributed by atoms with Gasteiger partial charge in [-0.1, -0.05) is 31.4 Å². The smallest absolute Gasteiger partial charge is 0.216 e. The van der Waals surface area contributed by atoms with Gasteiger partial charge >= 0.3 is 0 Å². The highest BCUT2D eigenvalue weighted by molar-refractivity contribution is 7.88. The van der Waals surface area contributed by atoms with E-state index in [9.17, 15) is 13.5 Å². The summed E-state index contributed by atoms with van der Waals surface area (Å²) in [5.41, 5.74) is 1.06. The first-order chi connectivity index (χ1) is 11.0. The largest absolute Gasteiger partial charge is 0.396 e. The Bertz CT molecular complexity index is 646. The summed E-state index contributed by atoms with van der Waals surface area (Å²) in [6, 6.07) is 8.46. The van der Waals surface area contributed by atoms with Crippen molar-refractivity contribution in [3.05, 3.63) is 35.4 Å². The molecular formula is C17H24N2O3S. The predicted molar refractivity (Wildman–Crippen MR) is 89.0 cm³/mol. The quantitative estimate of drug-likeness (QED) is 0.799. The molecule has 1 fully saturated rings. The van der Waals surface area contributed by atoms with Crippen LogP contribution < -0.4 is 4.72 Å². The highest BCUT2D eigenvalue weighted by Gasteiger charge is 2.27. The van der Waals surface area contributed by atoms with Crippen LogP contribution in [0, 0.1) is 17.2 Å². The van der Waals surface area contributed by atoms with Crippen LogP contribution in [0.4, 0.5) is 0 Å². The summed E-state index contributed by atoms with van der Waals surface area (Å²) in [4.78, 5) is 0. The Morgan fingerprint density at radius 3 is 2.70 bits per heavy atom. The molecule has 0 heterocycles. The molecule has 2 rings (SSSR count). The van der Waals surface area contributed by atoms with Crippen molar-refractivity contribution < 1.29 is 13.5 Å². The van der Waals surface area contributed by atoms with Crippen molar-refractivity contribution in [3.8, 4) is 6.07 Å². The molecule has 0 aliphatic heterocycles. The molecule has 0 radical (unpaired) electrons. The van der Waals surface area contributed by atoms with Gasteiger partial charge in [0, 0.05) is 12.6 Å². The molecule has 5 nitrogen and oxygen atoms in total. The highest BCUT2D eigenvalue weighted by atomic mass is 32.2. The molecule has 1 aromatic rings. The van der Waals surface area contributed by atoms with Crippen molar-refractivity contribution >= 4 is 10.0 Å². The number of hydrogen-bond acceptors (Lipinski definition) is 4. The molecule has 1 saturated carbocycles. The molecule has 0 aromatic heterocycles. The summed E-state index contributed by atoms with van der Waals surface area (Å²) < 4.78 is 27.7. The zero-order valence-corrected chi connectivity index (χ0v) is 14.1. The summed E-state index contributed by atoms with van der Waals surface area (Å²) in [6.45, 7) is -0.0202. The second-order valence-electron chi connectivity index (χ2n) is 6.21. The number of aliphatic hydroxyl groups excluding tert-OH is 1. The first-order valence-electron chi connectivity index (χ1n) is 8.14. The Morgan fingerprint density at radius 1 is 1.30 bits per heavy atom. The van der Waals surface area contributed by atoms with Crippen molar-refractivity contribution in [1.29, 1.82) is 5.26 Å². The second-order valence-corrected chi connectivity index (χ2v) is 7.96. The zero-order chi connectivity index (χ0) is 16.7. The monoisotopic (exact) mass is 336 g/mol. The van der Waals surface area contributed by atoms with Gasteiger partial charge in [0.05, 0.1) is 17.4 Å². The third kappa shape index (κ3) is 5.61. The van der Waals surface area contributed by atoms with Gasteiger partial charge in [-0.25, -0.2) is 13.1 Å². The van der Waals surface area contributed by atoms with Crippen molar-refractivity contribution in [3.63, 3.8) is 0 Å². The highest BCUT2D eigenvalue weighted by Crippen LogP contribution is 2.28. The number of sulfonamides is 1. The lowest BCUT2D eigenvalue weighted by Gasteiger charge is -2.30. The normalized spacial score (nSPS) is 17.6. The Labute approximate surface area is 138 Å². The minimum Gasteiger partial charge on any atom is -0.396 e. The van der Waals surface area contributed by atoms with E-state index in [1.807, 2.05) is 6.07 Å². The fourth-order valence-electron chi connectivity index (χ4n) is 3.29. The number of benzene rings is 1. The minimum absolute atomic E-state index is 0.0202. The summed E-state index contributed by atoms with van der Waals surface area (Å²) in [6.07, 6.45) is 5.92.